The van der Waals surface area contributed by atoms with Gasteiger partial charge in [0, 0.05) is 51.0 Å². The molecule has 2 aliphatic heterocycles. The van der Waals surface area contributed by atoms with Gasteiger partial charge in [-0.2, -0.15) is 0 Å². The maximum absolute atomic E-state index is 12.4. The number of morpholine rings is 1. The predicted molar refractivity (Wildman–Crippen MR) is 94.4 cm³/mol. The molecule has 0 unspecified atom stereocenters. The van der Waals surface area contributed by atoms with Crippen molar-refractivity contribution < 1.29 is 19.4 Å². The first-order valence-corrected chi connectivity index (χ1v) is 9.09. The van der Waals surface area contributed by atoms with E-state index in [9.17, 15) is 14.7 Å². The van der Waals surface area contributed by atoms with E-state index in [4.69, 9.17) is 4.74 Å². The average molecular weight is 362 g/mol. The molecule has 8 nitrogen and oxygen atoms in total. The number of ether oxygens (including phenoxy) is 1. The van der Waals surface area contributed by atoms with E-state index in [1.807, 2.05) is 6.07 Å². The number of amides is 3. The Kier molecular flexibility index (Phi) is 6.40. The van der Waals surface area contributed by atoms with Crippen molar-refractivity contribution in [1.29, 1.82) is 0 Å². The van der Waals surface area contributed by atoms with Gasteiger partial charge >= 0.3 is 6.03 Å². The second kappa shape index (κ2) is 8.95. The standard InChI is InChI=1S/C18H26N4O4/c23-16-13-22(17(24)10-14-2-1-4-19-11-14)5-3-15(16)12-20-18(25)21-6-8-26-9-7-21/h1-2,4,11,15-16,23H,3,5-10,12-13H2,(H,20,25)/t15-,16+/m0/s1. The van der Waals surface area contributed by atoms with Crippen LogP contribution in [0, 0.1) is 5.92 Å². The van der Waals surface area contributed by atoms with E-state index in [2.05, 4.69) is 10.3 Å². The van der Waals surface area contributed by atoms with Crippen LogP contribution in [0.15, 0.2) is 24.5 Å². The van der Waals surface area contributed by atoms with Crippen molar-refractivity contribution in [3.63, 3.8) is 0 Å². The normalized spacial score (nSPS) is 23.6. The van der Waals surface area contributed by atoms with Crippen LogP contribution in [-0.4, -0.2) is 83.9 Å². The van der Waals surface area contributed by atoms with E-state index < -0.39 is 6.10 Å². The molecule has 142 valence electrons. The molecule has 0 spiro atoms. The van der Waals surface area contributed by atoms with E-state index in [1.54, 1.807) is 28.3 Å². The summed E-state index contributed by atoms with van der Waals surface area (Å²) in [6, 6.07) is 3.56. The number of aliphatic hydroxyl groups is 1. The number of rotatable bonds is 4. The number of aliphatic hydroxyl groups excluding tert-OH is 1. The Hall–Kier alpha value is -2.19. The number of pyridine rings is 1. The van der Waals surface area contributed by atoms with Gasteiger partial charge in [-0.3, -0.25) is 9.78 Å². The zero-order valence-corrected chi connectivity index (χ0v) is 14.8. The van der Waals surface area contributed by atoms with E-state index >= 15 is 0 Å². The minimum absolute atomic E-state index is 0.00662. The molecule has 2 saturated heterocycles. The van der Waals surface area contributed by atoms with Gasteiger partial charge in [0.25, 0.3) is 0 Å². The van der Waals surface area contributed by atoms with Gasteiger partial charge in [0.15, 0.2) is 0 Å². The van der Waals surface area contributed by atoms with Crippen molar-refractivity contribution in [2.45, 2.75) is 18.9 Å². The van der Waals surface area contributed by atoms with Gasteiger partial charge in [-0.1, -0.05) is 6.07 Å². The molecule has 3 rings (SSSR count). The molecule has 26 heavy (non-hydrogen) atoms. The highest BCUT2D eigenvalue weighted by Crippen LogP contribution is 2.18. The molecule has 3 amide bonds. The number of nitrogens with one attached hydrogen (secondary N) is 1. The van der Waals surface area contributed by atoms with Crippen LogP contribution in [0.25, 0.3) is 0 Å². The number of carbonyl (C=O) groups excluding carboxylic acids is 2. The summed E-state index contributed by atoms with van der Waals surface area (Å²) >= 11 is 0. The number of β-amino-alcohol motifs (C(OH)–C–C–N with tert-alkyl or cyclic N) is 1. The fraction of sp³-hybridized carbons (Fsp3) is 0.611. The largest absolute Gasteiger partial charge is 0.391 e. The quantitative estimate of drug-likeness (QED) is 0.778. The molecule has 2 atom stereocenters. The molecular formula is C18H26N4O4. The first-order chi connectivity index (χ1) is 12.6. The Labute approximate surface area is 153 Å². The van der Waals surface area contributed by atoms with Crippen LogP contribution in [0.3, 0.4) is 0 Å². The number of piperidine rings is 1. The Morgan fingerprint density at radius 3 is 2.77 bits per heavy atom. The summed E-state index contributed by atoms with van der Waals surface area (Å²) < 4.78 is 5.24. The summed E-state index contributed by atoms with van der Waals surface area (Å²) in [5.41, 5.74) is 0.867. The molecule has 0 saturated carbocycles. The molecule has 0 radical (unpaired) electrons. The molecule has 1 aromatic heterocycles. The highest BCUT2D eigenvalue weighted by atomic mass is 16.5. The lowest BCUT2D eigenvalue weighted by molar-refractivity contribution is -0.134. The molecule has 2 fully saturated rings. The van der Waals surface area contributed by atoms with Crippen molar-refractivity contribution in [2.75, 3.05) is 45.9 Å². The molecular weight excluding hydrogens is 336 g/mol. The molecule has 0 bridgehead atoms. The van der Waals surface area contributed by atoms with Gasteiger partial charge < -0.3 is 25.0 Å². The predicted octanol–water partition coefficient (Wildman–Crippen LogP) is -0.125. The first-order valence-electron chi connectivity index (χ1n) is 9.09. The second-order valence-electron chi connectivity index (χ2n) is 6.78. The summed E-state index contributed by atoms with van der Waals surface area (Å²) in [4.78, 5) is 32.0. The van der Waals surface area contributed by atoms with Gasteiger partial charge in [0.2, 0.25) is 5.91 Å². The van der Waals surface area contributed by atoms with Crippen LogP contribution < -0.4 is 5.32 Å². The number of hydrogen-bond acceptors (Lipinski definition) is 5. The van der Waals surface area contributed by atoms with Crippen LogP contribution in [0.5, 0.6) is 0 Å². The minimum atomic E-state index is -0.633. The number of hydrogen-bond donors (Lipinski definition) is 2. The first kappa shape index (κ1) is 18.6. The lowest BCUT2D eigenvalue weighted by Gasteiger charge is -2.36. The van der Waals surface area contributed by atoms with Crippen LogP contribution in [0.1, 0.15) is 12.0 Å². The van der Waals surface area contributed by atoms with Gasteiger partial charge in [0.1, 0.15) is 0 Å². The van der Waals surface area contributed by atoms with Gasteiger partial charge in [-0.25, -0.2) is 4.79 Å². The molecule has 2 N–H and O–H groups in total. The highest BCUT2D eigenvalue weighted by Gasteiger charge is 2.30. The summed E-state index contributed by atoms with van der Waals surface area (Å²) in [7, 11) is 0. The van der Waals surface area contributed by atoms with E-state index in [1.165, 1.54) is 0 Å². The van der Waals surface area contributed by atoms with Crippen LogP contribution in [-0.2, 0) is 16.0 Å². The van der Waals surface area contributed by atoms with Crippen molar-refractivity contribution in [1.82, 2.24) is 20.1 Å². The average Bonchev–Trinajstić information content (AvgIpc) is 2.68. The number of urea groups is 1. The summed E-state index contributed by atoms with van der Waals surface area (Å²) in [6.45, 7) is 3.62. The van der Waals surface area contributed by atoms with Crippen molar-refractivity contribution >= 4 is 11.9 Å². The lowest BCUT2D eigenvalue weighted by atomic mass is 9.93. The van der Waals surface area contributed by atoms with Crippen molar-refractivity contribution in [3.05, 3.63) is 30.1 Å². The fourth-order valence-electron chi connectivity index (χ4n) is 3.33. The maximum Gasteiger partial charge on any atom is 0.317 e. The molecule has 1 aromatic rings. The third kappa shape index (κ3) is 4.92. The Bertz CT molecular complexity index is 606. The van der Waals surface area contributed by atoms with E-state index in [-0.39, 0.29) is 17.9 Å². The SMILES string of the molecule is O=C(Cc1cccnc1)N1CC[C@@H](CNC(=O)N2CCOCC2)[C@H](O)C1. The topological polar surface area (TPSA) is 95.0 Å². The second-order valence-corrected chi connectivity index (χ2v) is 6.78. The molecule has 3 heterocycles. The van der Waals surface area contributed by atoms with Crippen molar-refractivity contribution in [2.24, 2.45) is 5.92 Å². The Morgan fingerprint density at radius 1 is 1.27 bits per heavy atom. The fourth-order valence-corrected chi connectivity index (χ4v) is 3.33. The van der Waals surface area contributed by atoms with Gasteiger partial charge in [-0.15, -0.1) is 0 Å². The third-order valence-corrected chi connectivity index (χ3v) is 4.97. The lowest BCUT2D eigenvalue weighted by Crippen LogP contribution is -2.52. The Balaban J connectivity index is 1.43. The molecule has 8 heteroatoms. The van der Waals surface area contributed by atoms with Crippen LogP contribution in [0.2, 0.25) is 0 Å². The maximum atomic E-state index is 12.4. The molecule has 2 aliphatic rings. The minimum Gasteiger partial charge on any atom is -0.391 e. The monoisotopic (exact) mass is 362 g/mol. The third-order valence-electron chi connectivity index (χ3n) is 4.97. The van der Waals surface area contributed by atoms with E-state index in [0.717, 1.165) is 5.56 Å². The number of aromatic nitrogens is 1. The van der Waals surface area contributed by atoms with Gasteiger partial charge in [0.05, 0.1) is 25.7 Å². The highest BCUT2D eigenvalue weighted by molar-refractivity contribution is 5.78. The Morgan fingerprint density at radius 2 is 2.08 bits per heavy atom. The number of carbonyl (C=O) groups is 2. The van der Waals surface area contributed by atoms with Crippen LogP contribution in [0.4, 0.5) is 4.79 Å². The van der Waals surface area contributed by atoms with Crippen molar-refractivity contribution in [3.8, 4) is 0 Å². The summed E-state index contributed by atoms with van der Waals surface area (Å²) in [5.74, 6) is -0.0460. The number of likely N-dealkylation sites (tertiary alicyclic amines) is 1. The zero-order valence-electron chi connectivity index (χ0n) is 14.8. The smallest absolute Gasteiger partial charge is 0.317 e. The van der Waals surface area contributed by atoms with Crippen LogP contribution >= 0.6 is 0 Å². The van der Waals surface area contributed by atoms with E-state index in [0.29, 0.717) is 58.8 Å². The zero-order chi connectivity index (χ0) is 18.4. The molecule has 0 aromatic carbocycles. The summed E-state index contributed by atoms with van der Waals surface area (Å²) in [5, 5.41) is 13.3. The number of nitrogens with zero attached hydrogens (tertiary/aromatic N) is 3. The van der Waals surface area contributed by atoms with Gasteiger partial charge in [-0.05, 0) is 18.1 Å². The molecule has 0 aliphatic carbocycles. The summed E-state index contributed by atoms with van der Waals surface area (Å²) in [6.07, 6.45) is 3.69.